The monoisotopic (exact) mass is 197 g/mol. The quantitative estimate of drug-likeness (QED) is 0.728. The van der Waals surface area contributed by atoms with Crippen LogP contribution in [0.1, 0.15) is 0 Å². The molecular weight excluding hydrogens is 191 g/mol. The molecule has 0 aliphatic rings. The van der Waals surface area contributed by atoms with E-state index >= 15 is 0 Å². The first-order valence-corrected chi connectivity index (χ1v) is 3.21. The first kappa shape index (κ1) is 9.62. The van der Waals surface area contributed by atoms with Gasteiger partial charge in [-0.3, -0.25) is 0 Å². The van der Waals surface area contributed by atoms with E-state index in [1.54, 1.807) is 0 Å². The number of hydrogen-bond acceptors (Lipinski definition) is 3. The third kappa shape index (κ3) is 2.49. The predicted octanol–water partition coefficient (Wildman–Crippen LogP) is 0.0495. The van der Waals surface area contributed by atoms with Crippen LogP contribution in [0.2, 0.25) is 0 Å². The highest BCUT2D eigenvalue weighted by molar-refractivity contribution is 4.90. The van der Waals surface area contributed by atoms with Crippen molar-refractivity contribution in [2.45, 2.75) is 6.18 Å². The topological polar surface area (TPSA) is 59.9 Å². The van der Waals surface area contributed by atoms with Crippen LogP contribution in [0.4, 0.5) is 13.2 Å². The fraction of sp³-hybridized carbons (Fsp3) is 0.600. The lowest BCUT2D eigenvalue weighted by Gasteiger charge is -2.06. The minimum atomic E-state index is -4.44. The lowest BCUT2D eigenvalue weighted by molar-refractivity contribution is -0.155. The number of halogens is 3. The predicted molar refractivity (Wildman–Crippen MR) is 35.4 cm³/mol. The molecule has 0 bridgehead atoms. The molecule has 1 rings (SSSR count). The average molecular weight is 197 g/mol. The number of nitrogens with one attached hydrogen (secondary N) is 1. The van der Waals surface area contributed by atoms with Crippen LogP contribution in [0.25, 0.3) is 0 Å². The third-order valence-corrected chi connectivity index (χ3v) is 1.20. The van der Waals surface area contributed by atoms with Gasteiger partial charge in [-0.15, -0.1) is 5.10 Å². The van der Waals surface area contributed by atoms with Crippen molar-refractivity contribution in [3.8, 4) is 6.01 Å². The Bertz CT molecular complexity index is 340. The van der Waals surface area contributed by atoms with Crippen LogP contribution in [0.5, 0.6) is 6.01 Å². The molecule has 1 heterocycles. The maximum atomic E-state index is 11.6. The standard InChI is InChI=1S/C5H6F3N3O2/c1-11-3(12)9-10-4(11)13-2-5(6,7)8/h2H2,1H3,(H,9,12). The van der Waals surface area contributed by atoms with Gasteiger partial charge in [0.15, 0.2) is 6.61 Å². The molecule has 0 aliphatic carbocycles. The van der Waals surface area contributed by atoms with Gasteiger partial charge in [-0.05, 0) is 0 Å². The van der Waals surface area contributed by atoms with E-state index in [9.17, 15) is 18.0 Å². The summed E-state index contributed by atoms with van der Waals surface area (Å²) >= 11 is 0. The summed E-state index contributed by atoms with van der Waals surface area (Å²) in [7, 11) is 1.25. The molecule has 8 heteroatoms. The van der Waals surface area contributed by atoms with E-state index in [2.05, 4.69) is 9.84 Å². The van der Waals surface area contributed by atoms with Gasteiger partial charge in [-0.1, -0.05) is 0 Å². The van der Waals surface area contributed by atoms with Crippen molar-refractivity contribution >= 4 is 0 Å². The van der Waals surface area contributed by atoms with Crippen LogP contribution in [-0.2, 0) is 7.05 Å². The van der Waals surface area contributed by atoms with E-state index < -0.39 is 18.5 Å². The molecule has 5 nitrogen and oxygen atoms in total. The van der Waals surface area contributed by atoms with Gasteiger partial charge in [0.1, 0.15) is 0 Å². The molecule has 1 aromatic rings. The second-order valence-electron chi connectivity index (χ2n) is 2.27. The molecule has 1 N–H and O–H groups in total. The molecule has 0 aliphatic heterocycles. The smallest absolute Gasteiger partial charge is 0.422 e. The highest BCUT2D eigenvalue weighted by Crippen LogP contribution is 2.15. The second-order valence-corrected chi connectivity index (χ2v) is 2.27. The van der Waals surface area contributed by atoms with Crippen LogP contribution >= 0.6 is 0 Å². The molecule has 0 saturated carbocycles. The number of alkyl halides is 3. The number of hydrogen-bond donors (Lipinski definition) is 1. The zero-order valence-corrected chi connectivity index (χ0v) is 6.55. The normalized spacial score (nSPS) is 11.7. The fourth-order valence-electron chi connectivity index (χ4n) is 0.608. The Morgan fingerprint density at radius 2 is 2.23 bits per heavy atom. The zero-order valence-electron chi connectivity index (χ0n) is 6.55. The van der Waals surface area contributed by atoms with Crippen molar-refractivity contribution in [2.75, 3.05) is 6.61 Å². The number of aromatic nitrogens is 3. The van der Waals surface area contributed by atoms with E-state index in [1.165, 1.54) is 7.05 Å². The Morgan fingerprint density at radius 3 is 2.62 bits per heavy atom. The van der Waals surface area contributed by atoms with Crippen molar-refractivity contribution in [3.63, 3.8) is 0 Å². The number of rotatable bonds is 2. The van der Waals surface area contributed by atoms with Crippen LogP contribution in [0.3, 0.4) is 0 Å². The van der Waals surface area contributed by atoms with E-state index in [0.29, 0.717) is 0 Å². The molecule has 13 heavy (non-hydrogen) atoms. The number of ether oxygens (including phenoxy) is 1. The van der Waals surface area contributed by atoms with Crippen LogP contribution < -0.4 is 10.4 Å². The van der Waals surface area contributed by atoms with E-state index in [0.717, 1.165) is 4.57 Å². The van der Waals surface area contributed by atoms with Crippen molar-refractivity contribution < 1.29 is 17.9 Å². The van der Waals surface area contributed by atoms with Gasteiger partial charge >= 0.3 is 17.9 Å². The van der Waals surface area contributed by atoms with Crippen molar-refractivity contribution in [1.29, 1.82) is 0 Å². The summed E-state index contributed by atoms with van der Waals surface area (Å²) in [4.78, 5) is 10.6. The molecule has 74 valence electrons. The SMILES string of the molecule is Cn1c(OCC(F)(F)F)n[nH]c1=O. The molecule has 0 fully saturated rings. The minimum Gasteiger partial charge on any atom is -0.454 e. The molecule has 0 radical (unpaired) electrons. The number of aromatic amines is 1. The highest BCUT2D eigenvalue weighted by Gasteiger charge is 2.29. The minimum absolute atomic E-state index is 0.387. The van der Waals surface area contributed by atoms with Crippen LogP contribution in [-0.4, -0.2) is 27.5 Å². The van der Waals surface area contributed by atoms with Gasteiger partial charge in [0.25, 0.3) is 0 Å². The Kier molecular flexibility index (Phi) is 2.30. The molecule has 0 atom stereocenters. The van der Waals surface area contributed by atoms with Crippen LogP contribution in [0, 0.1) is 0 Å². The maximum absolute atomic E-state index is 11.6. The lowest BCUT2D eigenvalue weighted by atomic mass is 10.7. The van der Waals surface area contributed by atoms with Gasteiger partial charge in [0.2, 0.25) is 0 Å². The summed E-state index contributed by atoms with van der Waals surface area (Å²) < 4.78 is 39.9. The zero-order chi connectivity index (χ0) is 10.1. The summed E-state index contributed by atoms with van der Waals surface area (Å²) in [6.45, 7) is -1.47. The first-order chi connectivity index (χ1) is 5.90. The fourth-order valence-corrected chi connectivity index (χ4v) is 0.608. The summed E-state index contributed by atoms with van der Waals surface area (Å²) in [5, 5.41) is 5.16. The molecule has 0 aromatic carbocycles. The lowest BCUT2D eigenvalue weighted by Crippen LogP contribution is -2.21. The van der Waals surface area contributed by atoms with Crippen molar-refractivity contribution in [1.82, 2.24) is 14.8 Å². The molecule has 0 spiro atoms. The molecule has 0 amide bonds. The van der Waals surface area contributed by atoms with Gasteiger partial charge in [0.05, 0.1) is 0 Å². The van der Waals surface area contributed by atoms with Gasteiger partial charge < -0.3 is 4.74 Å². The molecule has 0 unspecified atom stereocenters. The van der Waals surface area contributed by atoms with E-state index in [1.807, 2.05) is 5.10 Å². The second kappa shape index (κ2) is 3.11. The van der Waals surface area contributed by atoms with Gasteiger partial charge in [0, 0.05) is 7.05 Å². The van der Waals surface area contributed by atoms with Gasteiger partial charge in [-0.25, -0.2) is 14.5 Å². The third-order valence-electron chi connectivity index (χ3n) is 1.20. The maximum Gasteiger partial charge on any atom is 0.422 e. The number of nitrogens with zero attached hydrogens (tertiary/aromatic N) is 2. The van der Waals surface area contributed by atoms with Gasteiger partial charge in [-0.2, -0.15) is 13.2 Å². The van der Waals surface area contributed by atoms with Crippen LogP contribution in [0.15, 0.2) is 4.79 Å². The Balaban J connectivity index is 2.66. The molecule has 0 saturated heterocycles. The van der Waals surface area contributed by atoms with Crippen molar-refractivity contribution in [2.24, 2.45) is 7.05 Å². The first-order valence-electron chi connectivity index (χ1n) is 3.21. The largest absolute Gasteiger partial charge is 0.454 e. The highest BCUT2D eigenvalue weighted by atomic mass is 19.4. The summed E-state index contributed by atoms with van der Waals surface area (Å²) in [5.74, 6) is 0. The number of H-pyrrole nitrogens is 1. The Labute approximate surface area is 70.1 Å². The summed E-state index contributed by atoms with van der Waals surface area (Å²) in [6.07, 6.45) is -4.44. The average Bonchev–Trinajstić information content (AvgIpc) is 2.29. The Hall–Kier alpha value is -1.47. The Morgan fingerprint density at radius 1 is 1.62 bits per heavy atom. The molecule has 1 aromatic heterocycles. The van der Waals surface area contributed by atoms with Crippen molar-refractivity contribution in [3.05, 3.63) is 10.5 Å². The van der Waals surface area contributed by atoms with E-state index in [4.69, 9.17) is 0 Å². The molecular formula is C5H6F3N3O2. The summed E-state index contributed by atoms with van der Waals surface area (Å²) in [6, 6.07) is -0.387. The van der Waals surface area contributed by atoms with E-state index in [-0.39, 0.29) is 6.01 Å². The summed E-state index contributed by atoms with van der Waals surface area (Å²) in [5.41, 5.74) is -0.628.